The Bertz CT molecular complexity index is 778. The summed E-state index contributed by atoms with van der Waals surface area (Å²) in [6.45, 7) is 0.898. The van der Waals surface area contributed by atoms with Crippen molar-refractivity contribution < 1.29 is 5.11 Å². The summed E-state index contributed by atoms with van der Waals surface area (Å²) in [5, 5.41) is 9.73. The summed E-state index contributed by atoms with van der Waals surface area (Å²) >= 11 is 0. The van der Waals surface area contributed by atoms with Crippen LogP contribution in [0.15, 0.2) is 48.7 Å². The average Bonchev–Trinajstić information content (AvgIpc) is 3.07. The predicted octanol–water partition coefficient (Wildman–Crippen LogP) is 2.52. The van der Waals surface area contributed by atoms with Crippen LogP contribution in [0.4, 0.5) is 11.5 Å². The maximum atomic E-state index is 9.73. The van der Waals surface area contributed by atoms with Crippen molar-refractivity contribution in [3.8, 4) is 0 Å². The van der Waals surface area contributed by atoms with E-state index in [0.717, 1.165) is 30.1 Å². The van der Waals surface area contributed by atoms with Gasteiger partial charge in [0.2, 0.25) is 0 Å². The molecule has 0 unspecified atom stereocenters. The molecule has 0 bridgehead atoms. The SMILES string of the molecule is OCc1c(N2CCc3ccccc32)nc2ccccn12. The summed E-state index contributed by atoms with van der Waals surface area (Å²) in [4.78, 5) is 6.90. The van der Waals surface area contributed by atoms with E-state index in [4.69, 9.17) is 4.98 Å². The molecular weight excluding hydrogens is 250 g/mol. The zero-order chi connectivity index (χ0) is 13.5. The van der Waals surface area contributed by atoms with Gasteiger partial charge in [0.15, 0.2) is 5.82 Å². The first kappa shape index (κ1) is 11.5. The van der Waals surface area contributed by atoms with Crippen molar-refractivity contribution in [3.05, 3.63) is 59.9 Å². The highest BCUT2D eigenvalue weighted by Crippen LogP contribution is 2.35. The number of aromatic nitrogens is 2. The van der Waals surface area contributed by atoms with E-state index in [2.05, 4.69) is 23.1 Å². The van der Waals surface area contributed by atoms with Gasteiger partial charge in [0, 0.05) is 18.4 Å². The fourth-order valence-corrected chi connectivity index (χ4v) is 2.96. The highest BCUT2D eigenvalue weighted by molar-refractivity contribution is 5.71. The first-order valence-electron chi connectivity index (χ1n) is 6.81. The van der Waals surface area contributed by atoms with Crippen LogP contribution >= 0.6 is 0 Å². The summed E-state index contributed by atoms with van der Waals surface area (Å²) in [6, 6.07) is 14.3. The Kier molecular flexibility index (Phi) is 2.50. The molecule has 0 atom stereocenters. The Hall–Kier alpha value is -2.33. The Labute approximate surface area is 116 Å². The third kappa shape index (κ3) is 1.55. The van der Waals surface area contributed by atoms with E-state index in [-0.39, 0.29) is 6.61 Å². The lowest BCUT2D eigenvalue weighted by Crippen LogP contribution is -2.15. The number of imidazole rings is 1. The number of anilines is 2. The van der Waals surface area contributed by atoms with Crippen molar-refractivity contribution in [2.45, 2.75) is 13.0 Å². The molecule has 0 saturated carbocycles. The van der Waals surface area contributed by atoms with E-state index < -0.39 is 0 Å². The Morgan fingerprint density at radius 3 is 2.85 bits per heavy atom. The summed E-state index contributed by atoms with van der Waals surface area (Å²) in [7, 11) is 0. The van der Waals surface area contributed by atoms with Gasteiger partial charge in [-0.05, 0) is 30.2 Å². The molecule has 3 aromatic rings. The van der Waals surface area contributed by atoms with E-state index >= 15 is 0 Å². The average molecular weight is 265 g/mol. The molecule has 100 valence electrons. The molecule has 0 radical (unpaired) electrons. The largest absolute Gasteiger partial charge is 0.390 e. The van der Waals surface area contributed by atoms with Gasteiger partial charge in [0.05, 0.1) is 12.3 Å². The third-order valence-corrected chi connectivity index (χ3v) is 3.90. The topological polar surface area (TPSA) is 40.8 Å². The van der Waals surface area contributed by atoms with E-state index in [0.29, 0.717) is 0 Å². The minimum atomic E-state index is -0.0147. The molecule has 3 heterocycles. The zero-order valence-electron chi connectivity index (χ0n) is 11.0. The second kappa shape index (κ2) is 4.35. The lowest BCUT2D eigenvalue weighted by molar-refractivity contribution is 0.276. The van der Waals surface area contributed by atoms with Gasteiger partial charge in [-0.25, -0.2) is 4.98 Å². The summed E-state index contributed by atoms with van der Waals surface area (Å²) in [5.74, 6) is 0.864. The maximum Gasteiger partial charge on any atom is 0.158 e. The van der Waals surface area contributed by atoms with E-state index in [1.165, 1.54) is 11.3 Å². The number of rotatable bonds is 2. The molecule has 2 aromatic heterocycles. The molecule has 1 N–H and O–H groups in total. The van der Waals surface area contributed by atoms with Crippen LogP contribution in [0.25, 0.3) is 5.65 Å². The molecule has 4 rings (SSSR count). The van der Waals surface area contributed by atoms with Crippen molar-refractivity contribution in [1.82, 2.24) is 9.38 Å². The number of nitrogens with zero attached hydrogens (tertiary/aromatic N) is 3. The van der Waals surface area contributed by atoms with Crippen LogP contribution in [0.3, 0.4) is 0 Å². The summed E-state index contributed by atoms with van der Waals surface area (Å²) in [6.07, 6.45) is 2.97. The van der Waals surface area contributed by atoms with Gasteiger partial charge < -0.3 is 10.0 Å². The van der Waals surface area contributed by atoms with Crippen molar-refractivity contribution in [2.75, 3.05) is 11.4 Å². The van der Waals surface area contributed by atoms with Gasteiger partial charge in [0.25, 0.3) is 0 Å². The summed E-state index contributed by atoms with van der Waals surface area (Å²) in [5.41, 5.74) is 4.26. The number of fused-ring (bicyclic) bond motifs is 2. The van der Waals surface area contributed by atoms with Gasteiger partial charge in [0.1, 0.15) is 5.65 Å². The Morgan fingerprint density at radius 2 is 1.95 bits per heavy atom. The molecule has 0 fully saturated rings. The smallest absolute Gasteiger partial charge is 0.158 e. The van der Waals surface area contributed by atoms with Crippen LogP contribution in [-0.4, -0.2) is 21.0 Å². The van der Waals surface area contributed by atoms with Gasteiger partial charge in [-0.1, -0.05) is 24.3 Å². The van der Waals surface area contributed by atoms with E-state index in [1.807, 2.05) is 34.9 Å². The molecule has 4 nitrogen and oxygen atoms in total. The Balaban J connectivity index is 1.91. The highest BCUT2D eigenvalue weighted by Gasteiger charge is 2.25. The van der Waals surface area contributed by atoms with Gasteiger partial charge in [-0.15, -0.1) is 0 Å². The first-order valence-corrected chi connectivity index (χ1v) is 6.81. The van der Waals surface area contributed by atoms with Crippen LogP contribution in [-0.2, 0) is 13.0 Å². The lowest BCUT2D eigenvalue weighted by Gasteiger charge is -2.17. The molecule has 1 aromatic carbocycles. The van der Waals surface area contributed by atoms with Gasteiger partial charge in [-0.2, -0.15) is 0 Å². The van der Waals surface area contributed by atoms with Crippen molar-refractivity contribution in [2.24, 2.45) is 0 Å². The van der Waals surface area contributed by atoms with Crippen LogP contribution in [0, 0.1) is 0 Å². The van der Waals surface area contributed by atoms with E-state index in [1.54, 1.807) is 0 Å². The van der Waals surface area contributed by atoms with Gasteiger partial charge in [-0.3, -0.25) is 4.40 Å². The first-order chi connectivity index (χ1) is 9.88. The number of para-hydroxylation sites is 1. The molecule has 1 aliphatic heterocycles. The second-order valence-electron chi connectivity index (χ2n) is 5.00. The number of hydrogen-bond acceptors (Lipinski definition) is 3. The maximum absolute atomic E-state index is 9.73. The number of aliphatic hydroxyl groups excluding tert-OH is 1. The Morgan fingerprint density at radius 1 is 1.10 bits per heavy atom. The van der Waals surface area contributed by atoms with Crippen LogP contribution in [0.5, 0.6) is 0 Å². The molecular formula is C16H15N3O. The van der Waals surface area contributed by atoms with Gasteiger partial charge >= 0.3 is 0 Å². The molecule has 0 spiro atoms. The minimum absolute atomic E-state index is 0.0147. The van der Waals surface area contributed by atoms with Crippen molar-refractivity contribution in [3.63, 3.8) is 0 Å². The third-order valence-electron chi connectivity index (χ3n) is 3.90. The molecule has 0 amide bonds. The monoisotopic (exact) mass is 265 g/mol. The highest BCUT2D eigenvalue weighted by atomic mass is 16.3. The standard InChI is InChI=1S/C16H15N3O/c20-11-14-16(17-15-7-3-4-9-18(14)15)19-10-8-12-5-1-2-6-13(12)19/h1-7,9,20H,8,10-11H2. The number of benzene rings is 1. The summed E-state index contributed by atoms with van der Waals surface area (Å²) < 4.78 is 1.95. The predicted molar refractivity (Wildman–Crippen MR) is 78.3 cm³/mol. The number of hydrogen-bond donors (Lipinski definition) is 1. The van der Waals surface area contributed by atoms with Crippen molar-refractivity contribution in [1.29, 1.82) is 0 Å². The molecule has 20 heavy (non-hydrogen) atoms. The van der Waals surface area contributed by atoms with Crippen LogP contribution < -0.4 is 4.90 Å². The molecule has 1 aliphatic rings. The zero-order valence-corrected chi connectivity index (χ0v) is 11.0. The normalized spacial score (nSPS) is 13.9. The molecule has 4 heteroatoms. The minimum Gasteiger partial charge on any atom is -0.390 e. The molecule has 0 aliphatic carbocycles. The quantitative estimate of drug-likeness (QED) is 0.774. The fraction of sp³-hybridized carbons (Fsp3) is 0.188. The lowest BCUT2D eigenvalue weighted by atomic mass is 10.2. The van der Waals surface area contributed by atoms with Crippen LogP contribution in [0.2, 0.25) is 0 Å². The van der Waals surface area contributed by atoms with E-state index in [9.17, 15) is 5.11 Å². The fourth-order valence-electron chi connectivity index (χ4n) is 2.96. The number of pyridine rings is 1. The van der Waals surface area contributed by atoms with Crippen molar-refractivity contribution >= 4 is 17.2 Å². The van der Waals surface area contributed by atoms with Crippen LogP contribution in [0.1, 0.15) is 11.3 Å². The second-order valence-corrected chi connectivity index (χ2v) is 5.00. The molecule has 0 saturated heterocycles. The number of aliphatic hydroxyl groups is 1.